The summed E-state index contributed by atoms with van der Waals surface area (Å²) in [6.07, 6.45) is 0.911. The highest BCUT2D eigenvalue weighted by Crippen LogP contribution is 2.35. The fourth-order valence-electron chi connectivity index (χ4n) is 2.80. The predicted octanol–water partition coefficient (Wildman–Crippen LogP) is 2.43. The first kappa shape index (κ1) is 17.4. The van der Waals surface area contributed by atoms with Crippen molar-refractivity contribution in [1.29, 1.82) is 0 Å². The third-order valence-electron chi connectivity index (χ3n) is 4.13. The van der Waals surface area contributed by atoms with Crippen LogP contribution in [0.25, 0.3) is 0 Å². The van der Waals surface area contributed by atoms with E-state index in [1.807, 2.05) is 6.92 Å². The lowest BCUT2D eigenvalue weighted by Gasteiger charge is -2.34. The Kier molecular flexibility index (Phi) is 5.06. The molecule has 0 saturated heterocycles. The number of carbonyl (C=O) groups excluding carboxylic acids is 1. The van der Waals surface area contributed by atoms with Crippen LogP contribution in [0.5, 0.6) is 5.75 Å². The summed E-state index contributed by atoms with van der Waals surface area (Å²) >= 11 is 1.72. The molecule has 1 aromatic heterocycles. The smallest absolute Gasteiger partial charge is 0.341 e. The lowest BCUT2D eigenvalue weighted by molar-refractivity contribution is -0.139. The average molecular weight is 361 g/mol. The first-order valence-corrected chi connectivity index (χ1v) is 8.79. The Balaban J connectivity index is 1.61. The number of carbonyl (C=O) groups is 2. The van der Waals surface area contributed by atoms with Crippen molar-refractivity contribution < 1.29 is 24.2 Å². The molecular formula is C18H19NO5S. The zero-order valence-corrected chi connectivity index (χ0v) is 14.6. The van der Waals surface area contributed by atoms with Crippen LogP contribution in [0.3, 0.4) is 0 Å². The molecule has 2 heterocycles. The van der Waals surface area contributed by atoms with E-state index >= 15 is 0 Å². The molecule has 1 unspecified atom stereocenters. The summed E-state index contributed by atoms with van der Waals surface area (Å²) in [6.45, 7) is 2.60. The van der Waals surface area contributed by atoms with Crippen molar-refractivity contribution in [3.05, 3.63) is 51.7 Å². The molecule has 7 heteroatoms. The number of carboxylic acid groups (broad SMARTS) is 1. The molecule has 1 amide bonds. The Morgan fingerprint density at radius 3 is 2.80 bits per heavy atom. The lowest BCUT2D eigenvalue weighted by Crippen LogP contribution is -2.43. The van der Waals surface area contributed by atoms with Gasteiger partial charge in [0.1, 0.15) is 11.4 Å². The molecule has 2 aromatic rings. The molecule has 0 aliphatic carbocycles. The zero-order chi connectivity index (χ0) is 17.9. The van der Waals surface area contributed by atoms with E-state index in [1.54, 1.807) is 35.6 Å². The van der Waals surface area contributed by atoms with Gasteiger partial charge in [0.2, 0.25) is 0 Å². The molecule has 25 heavy (non-hydrogen) atoms. The second-order valence-corrected chi connectivity index (χ2v) is 6.98. The van der Waals surface area contributed by atoms with Gasteiger partial charge in [-0.15, -0.1) is 11.3 Å². The highest BCUT2D eigenvalue weighted by atomic mass is 32.1. The van der Waals surface area contributed by atoms with Crippen LogP contribution in [0.1, 0.15) is 27.7 Å². The second kappa shape index (κ2) is 7.25. The maximum absolute atomic E-state index is 12.4. The summed E-state index contributed by atoms with van der Waals surface area (Å²) in [5, 5.41) is 13.6. The Labute approximate surface area is 149 Å². The number of nitrogens with one attached hydrogen (secondary N) is 1. The standard InChI is InChI=1S/C18H19NO5S/c1-18(14-7-9-25-15(14)6-8-24-18)11-19-17(22)12-2-4-13(5-3-12)23-10-16(20)21/h2-5,7,9H,6,8,10-11H2,1H3,(H,19,22)(H,20,21). The minimum atomic E-state index is -1.05. The molecule has 0 saturated carbocycles. The third kappa shape index (κ3) is 4.00. The summed E-state index contributed by atoms with van der Waals surface area (Å²) < 4.78 is 11.0. The minimum Gasteiger partial charge on any atom is -0.482 e. The summed E-state index contributed by atoms with van der Waals surface area (Å²) in [6, 6.07) is 8.42. The van der Waals surface area contributed by atoms with Gasteiger partial charge in [-0.05, 0) is 48.2 Å². The highest BCUT2D eigenvalue weighted by Gasteiger charge is 2.34. The molecule has 2 N–H and O–H groups in total. The molecule has 3 rings (SSSR count). The van der Waals surface area contributed by atoms with Crippen molar-refractivity contribution in [2.24, 2.45) is 0 Å². The van der Waals surface area contributed by atoms with E-state index in [9.17, 15) is 9.59 Å². The Hall–Kier alpha value is -2.38. The molecule has 1 aliphatic rings. The number of rotatable bonds is 6. The number of thiophene rings is 1. The van der Waals surface area contributed by atoms with Gasteiger partial charge in [0.05, 0.1) is 13.2 Å². The molecule has 1 aromatic carbocycles. The van der Waals surface area contributed by atoms with Crippen LogP contribution in [-0.4, -0.2) is 36.7 Å². The van der Waals surface area contributed by atoms with Gasteiger partial charge in [-0.25, -0.2) is 4.79 Å². The number of hydrogen-bond donors (Lipinski definition) is 2. The van der Waals surface area contributed by atoms with Crippen LogP contribution < -0.4 is 10.1 Å². The molecule has 1 aliphatic heterocycles. The van der Waals surface area contributed by atoms with Crippen LogP contribution in [0.4, 0.5) is 0 Å². The van der Waals surface area contributed by atoms with Gasteiger partial charge < -0.3 is 19.9 Å². The van der Waals surface area contributed by atoms with Gasteiger partial charge in [-0.1, -0.05) is 0 Å². The number of fused-ring (bicyclic) bond motifs is 1. The fraction of sp³-hybridized carbons (Fsp3) is 0.333. The van der Waals surface area contributed by atoms with Gasteiger partial charge in [0, 0.05) is 16.9 Å². The first-order valence-electron chi connectivity index (χ1n) is 7.91. The SMILES string of the molecule is CC1(CNC(=O)c2ccc(OCC(=O)O)cc2)OCCc2sccc21. The number of hydrogen-bond acceptors (Lipinski definition) is 5. The maximum atomic E-state index is 12.4. The normalized spacial score (nSPS) is 19.1. The topological polar surface area (TPSA) is 84.9 Å². The molecule has 1 atom stereocenters. The molecule has 0 radical (unpaired) electrons. The summed E-state index contributed by atoms with van der Waals surface area (Å²) in [4.78, 5) is 24.1. The largest absolute Gasteiger partial charge is 0.482 e. The maximum Gasteiger partial charge on any atom is 0.341 e. The van der Waals surface area contributed by atoms with E-state index in [1.165, 1.54) is 4.88 Å². The van der Waals surface area contributed by atoms with Gasteiger partial charge >= 0.3 is 5.97 Å². The van der Waals surface area contributed by atoms with E-state index < -0.39 is 18.2 Å². The van der Waals surface area contributed by atoms with Crippen LogP contribution >= 0.6 is 11.3 Å². The van der Waals surface area contributed by atoms with E-state index in [-0.39, 0.29) is 5.91 Å². The summed E-state index contributed by atoms with van der Waals surface area (Å²) in [5.41, 5.74) is 1.10. The molecule has 0 fully saturated rings. The van der Waals surface area contributed by atoms with E-state index in [4.69, 9.17) is 14.6 Å². The zero-order valence-electron chi connectivity index (χ0n) is 13.8. The van der Waals surface area contributed by atoms with Gasteiger partial charge in [0.25, 0.3) is 5.91 Å². The average Bonchev–Trinajstić information content (AvgIpc) is 3.09. The van der Waals surface area contributed by atoms with Crippen LogP contribution in [0.2, 0.25) is 0 Å². The van der Waals surface area contributed by atoms with Crippen LogP contribution in [-0.2, 0) is 21.6 Å². The lowest BCUT2D eigenvalue weighted by atomic mass is 9.93. The fourth-order valence-corrected chi connectivity index (χ4v) is 3.78. The third-order valence-corrected chi connectivity index (χ3v) is 5.11. The molecular weight excluding hydrogens is 342 g/mol. The number of ether oxygens (including phenoxy) is 2. The molecule has 0 spiro atoms. The van der Waals surface area contributed by atoms with Crippen LogP contribution in [0, 0.1) is 0 Å². The van der Waals surface area contributed by atoms with Gasteiger partial charge in [0.15, 0.2) is 6.61 Å². The summed E-state index contributed by atoms with van der Waals surface area (Å²) in [7, 11) is 0. The number of amides is 1. The van der Waals surface area contributed by atoms with Gasteiger partial charge in [-0.3, -0.25) is 4.79 Å². The summed E-state index contributed by atoms with van der Waals surface area (Å²) in [5.74, 6) is -0.850. The van der Waals surface area contributed by atoms with Crippen molar-refractivity contribution in [1.82, 2.24) is 5.32 Å². The van der Waals surface area contributed by atoms with Crippen molar-refractivity contribution >= 4 is 23.2 Å². The van der Waals surface area contributed by atoms with Crippen molar-refractivity contribution in [3.8, 4) is 5.75 Å². The second-order valence-electron chi connectivity index (χ2n) is 5.98. The Morgan fingerprint density at radius 2 is 2.08 bits per heavy atom. The van der Waals surface area contributed by atoms with Crippen LogP contribution in [0.15, 0.2) is 35.7 Å². The molecule has 0 bridgehead atoms. The van der Waals surface area contributed by atoms with E-state index in [0.29, 0.717) is 24.5 Å². The predicted molar refractivity (Wildman–Crippen MR) is 93.2 cm³/mol. The molecule has 132 valence electrons. The van der Waals surface area contributed by atoms with E-state index in [0.717, 1.165) is 12.0 Å². The number of aliphatic carboxylic acids is 1. The van der Waals surface area contributed by atoms with E-state index in [2.05, 4.69) is 16.8 Å². The van der Waals surface area contributed by atoms with Crippen molar-refractivity contribution in [2.45, 2.75) is 18.9 Å². The Morgan fingerprint density at radius 1 is 1.32 bits per heavy atom. The quantitative estimate of drug-likeness (QED) is 0.825. The number of benzene rings is 1. The van der Waals surface area contributed by atoms with Crippen molar-refractivity contribution in [3.63, 3.8) is 0 Å². The van der Waals surface area contributed by atoms with Gasteiger partial charge in [-0.2, -0.15) is 0 Å². The number of carboxylic acids is 1. The first-order chi connectivity index (χ1) is 12.0. The van der Waals surface area contributed by atoms with Crippen molar-refractivity contribution in [2.75, 3.05) is 19.8 Å². The minimum absolute atomic E-state index is 0.211. The monoisotopic (exact) mass is 361 g/mol. The molecule has 6 nitrogen and oxygen atoms in total. The Bertz CT molecular complexity index is 770. The highest BCUT2D eigenvalue weighted by molar-refractivity contribution is 7.10.